The lowest BCUT2D eigenvalue weighted by atomic mass is 9.97. The van der Waals surface area contributed by atoms with E-state index >= 15 is 0 Å². The van der Waals surface area contributed by atoms with Gasteiger partial charge in [0.05, 0.1) is 0 Å². The maximum atomic E-state index is 9.15. The topological polar surface area (TPSA) is 76.6 Å². The molecular weight excluding hydrogens is 374 g/mol. The molecule has 2 heterocycles. The summed E-state index contributed by atoms with van der Waals surface area (Å²) < 4.78 is 7.84. The molecule has 0 N–H and O–H groups in total. The Balaban J connectivity index is 1.56. The molecule has 0 amide bonds. The monoisotopic (exact) mass is 399 g/mol. The van der Waals surface area contributed by atoms with Gasteiger partial charge in [-0.3, -0.25) is 0 Å². The minimum Gasteiger partial charge on any atom is -0.471 e. The number of benzene rings is 1. The highest BCUT2D eigenvalue weighted by atomic mass is 16.5. The van der Waals surface area contributed by atoms with Gasteiger partial charge < -0.3 is 4.74 Å². The molecule has 6 heteroatoms. The maximum Gasteiger partial charge on any atom is 0.244 e. The highest BCUT2D eigenvalue weighted by Crippen LogP contribution is 2.27. The van der Waals surface area contributed by atoms with Crippen molar-refractivity contribution in [1.29, 1.82) is 5.26 Å². The van der Waals surface area contributed by atoms with E-state index in [2.05, 4.69) is 78.3 Å². The normalized spacial score (nSPS) is 13.9. The summed E-state index contributed by atoms with van der Waals surface area (Å²) in [5.74, 6) is 0.617. The van der Waals surface area contributed by atoms with E-state index in [0.29, 0.717) is 30.1 Å². The SMILES string of the molecule is CC(C)(C)Cn1nc(OCc2ccc(C3=CCCC=C3)cc2)c2cnc(C#N)nc21. The summed E-state index contributed by atoms with van der Waals surface area (Å²) in [7, 11) is 0. The Hall–Kier alpha value is -3.46. The molecule has 0 bridgehead atoms. The lowest BCUT2D eigenvalue weighted by Crippen LogP contribution is -2.17. The summed E-state index contributed by atoms with van der Waals surface area (Å²) in [5, 5.41) is 14.5. The van der Waals surface area contributed by atoms with Crippen molar-refractivity contribution in [3.8, 4) is 11.9 Å². The summed E-state index contributed by atoms with van der Waals surface area (Å²) in [4.78, 5) is 8.45. The number of nitrogens with zero attached hydrogens (tertiary/aromatic N) is 5. The molecule has 0 spiro atoms. The molecule has 0 saturated carbocycles. The van der Waals surface area contributed by atoms with E-state index in [1.165, 1.54) is 11.1 Å². The van der Waals surface area contributed by atoms with Crippen LogP contribution >= 0.6 is 0 Å². The van der Waals surface area contributed by atoms with E-state index in [1.54, 1.807) is 10.9 Å². The third kappa shape index (κ3) is 4.41. The molecule has 3 aromatic rings. The number of rotatable bonds is 5. The fraction of sp³-hybridized carbons (Fsp3) is 0.333. The second kappa shape index (κ2) is 8.11. The summed E-state index contributed by atoms with van der Waals surface area (Å²) in [6, 6.07) is 10.4. The van der Waals surface area contributed by atoms with Gasteiger partial charge in [0, 0.05) is 12.7 Å². The van der Waals surface area contributed by atoms with Crippen molar-refractivity contribution >= 4 is 16.6 Å². The Kier molecular flexibility index (Phi) is 5.37. The molecule has 2 aromatic heterocycles. The second-order valence-corrected chi connectivity index (χ2v) is 8.69. The second-order valence-electron chi connectivity index (χ2n) is 8.69. The van der Waals surface area contributed by atoms with Crippen LogP contribution in [0.15, 0.2) is 48.7 Å². The summed E-state index contributed by atoms with van der Waals surface area (Å²) in [6.07, 6.45) is 10.5. The molecule has 1 aromatic carbocycles. The van der Waals surface area contributed by atoms with Gasteiger partial charge in [0.15, 0.2) is 5.65 Å². The molecule has 0 radical (unpaired) electrons. The van der Waals surface area contributed by atoms with Crippen LogP contribution in [0.5, 0.6) is 5.88 Å². The average Bonchev–Trinajstić information content (AvgIpc) is 3.08. The number of aromatic nitrogens is 4. The van der Waals surface area contributed by atoms with Crippen molar-refractivity contribution < 1.29 is 4.74 Å². The van der Waals surface area contributed by atoms with Gasteiger partial charge in [-0.1, -0.05) is 63.3 Å². The van der Waals surface area contributed by atoms with Crippen molar-refractivity contribution in [3.05, 3.63) is 65.6 Å². The fourth-order valence-electron chi connectivity index (χ4n) is 3.42. The zero-order chi connectivity index (χ0) is 21.1. The van der Waals surface area contributed by atoms with Gasteiger partial charge in [-0.2, -0.15) is 10.2 Å². The zero-order valence-electron chi connectivity index (χ0n) is 17.6. The van der Waals surface area contributed by atoms with E-state index < -0.39 is 0 Å². The molecule has 1 aliphatic rings. The first-order chi connectivity index (χ1) is 14.4. The van der Waals surface area contributed by atoms with Gasteiger partial charge in [0.1, 0.15) is 18.1 Å². The van der Waals surface area contributed by atoms with Crippen LogP contribution in [0.25, 0.3) is 16.6 Å². The number of hydrogen-bond acceptors (Lipinski definition) is 5. The lowest BCUT2D eigenvalue weighted by molar-refractivity contribution is 0.281. The Morgan fingerprint density at radius 3 is 2.63 bits per heavy atom. The van der Waals surface area contributed by atoms with Gasteiger partial charge in [0.2, 0.25) is 11.7 Å². The standard InChI is InChI=1S/C24H25N5O/c1-24(2,3)16-29-22-20(14-26-21(13-25)27-22)23(28-29)30-15-17-9-11-19(12-10-17)18-7-5-4-6-8-18/h5,7-12,14H,4,6,15-16H2,1-3H3. The Morgan fingerprint density at radius 1 is 1.17 bits per heavy atom. The molecule has 0 atom stereocenters. The van der Waals surface area contributed by atoms with Crippen molar-refractivity contribution in [2.75, 3.05) is 0 Å². The Morgan fingerprint density at radius 2 is 1.97 bits per heavy atom. The molecule has 30 heavy (non-hydrogen) atoms. The van der Waals surface area contributed by atoms with Crippen LogP contribution < -0.4 is 4.74 Å². The molecule has 0 unspecified atom stereocenters. The average molecular weight is 399 g/mol. The third-order valence-corrected chi connectivity index (χ3v) is 4.84. The van der Waals surface area contributed by atoms with Crippen molar-refractivity contribution in [2.24, 2.45) is 5.41 Å². The van der Waals surface area contributed by atoms with E-state index in [-0.39, 0.29) is 11.2 Å². The maximum absolute atomic E-state index is 9.15. The quantitative estimate of drug-likeness (QED) is 0.599. The highest BCUT2D eigenvalue weighted by molar-refractivity contribution is 5.80. The third-order valence-electron chi connectivity index (χ3n) is 4.84. The molecular formula is C24H25N5O. The van der Waals surface area contributed by atoms with Crippen molar-refractivity contribution in [3.63, 3.8) is 0 Å². The van der Waals surface area contributed by atoms with Gasteiger partial charge in [-0.05, 0) is 35.0 Å². The minimum atomic E-state index is 0.00601. The van der Waals surface area contributed by atoms with E-state index in [1.807, 2.05) is 6.07 Å². The Labute approximate surface area is 176 Å². The summed E-state index contributed by atoms with van der Waals surface area (Å²) in [5.41, 5.74) is 4.18. The summed E-state index contributed by atoms with van der Waals surface area (Å²) >= 11 is 0. The van der Waals surface area contributed by atoms with Crippen LogP contribution in [0.2, 0.25) is 0 Å². The lowest BCUT2D eigenvalue weighted by Gasteiger charge is -2.17. The number of ether oxygens (including phenoxy) is 1. The number of allylic oxidation sites excluding steroid dienone is 4. The Bertz CT molecular complexity index is 1160. The van der Waals surface area contributed by atoms with Crippen LogP contribution in [0, 0.1) is 16.7 Å². The van der Waals surface area contributed by atoms with Crippen molar-refractivity contribution in [1.82, 2.24) is 19.7 Å². The molecule has 4 rings (SSSR count). The van der Waals surface area contributed by atoms with Gasteiger partial charge in [-0.25, -0.2) is 9.67 Å². The predicted molar refractivity (Wildman–Crippen MR) is 117 cm³/mol. The van der Waals surface area contributed by atoms with Crippen LogP contribution in [-0.2, 0) is 13.2 Å². The van der Waals surface area contributed by atoms with Gasteiger partial charge >= 0.3 is 0 Å². The molecule has 0 fully saturated rings. The zero-order valence-corrected chi connectivity index (χ0v) is 17.6. The minimum absolute atomic E-state index is 0.00601. The van der Waals surface area contributed by atoms with Crippen molar-refractivity contribution in [2.45, 2.75) is 46.8 Å². The molecule has 1 aliphatic carbocycles. The number of fused-ring (bicyclic) bond motifs is 1. The molecule has 152 valence electrons. The van der Waals surface area contributed by atoms with E-state index in [9.17, 15) is 0 Å². The first kappa shape index (κ1) is 19.8. The fourth-order valence-corrected chi connectivity index (χ4v) is 3.42. The van der Waals surface area contributed by atoms with Crippen LogP contribution in [0.1, 0.15) is 50.6 Å². The molecule has 6 nitrogen and oxygen atoms in total. The first-order valence-corrected chi connectivity index (χ1v) is 10.2. The summed E-state index contributed by atoms with van der Waals surface area (Å²) in [6.45, 7) is 7.45. The van der Waals surface area contributed by atoms with E-state index in [4.69, 9.17) is 10.00 Å². The highest BCUT2D eigenvalue weighted by Gasteiger charge is 2.19. The molecule has 0 aliphatic heterocycles. The number of hydrogen-bond donors (Lipinski definition) is 0. The largest absolute Gasteiger partial charge is 0.471 e. The van der Waals surface area contributed by atoms with E-state index in [0.717, 1.165) is 18.4 Å². The van der Waals surface area contributed by atoms with Gasteiger partial charge in [-0.15, -0.1) is 5.10 Å². The molecule has 0 saturated heterocycles. The van der Waals surface area contributed by atoms with Gasteiger partial charge in [0.25, 0.3) is 0 Å². The number of nitriles is 1. The predicted octanol–water partition coefficient (Wildman–Crippen LogP) is 5.06. The van der Waals surface area contributed by atoms with Crippen LogP contribution in [0.4, 0.5) is 0 Å². The van der Waals surface area contributed by atoms with Crippen LogP contribution in [0.3, 0.4) is 0 Å². The first-order valence-electron chi connectivity index (χ1n) is 10.2. The smallest absolute Gasteiger partial charge is 0.244 e. The van der Waals surface area contributed by atoms with Crippen LogP contribution in [-0.4, -0.2) is 19.7 Å².